The summed E-state index contributed by atoms with van der Waals surface area (Å²) in [5, 5.41) is 2.13. The van der Waals surface area contributed by atoms with Crippen LogP contribution in [0.25, 0.3) is 5.70 Å². The Labute approximate surface area is 137 Å². The Bertz CT molecular complexity index is 579. The van der Waals surface area contributed by atoms with Crippen molar-refractivity contribution in [1.29, 1.82) is 0 Å². The fraction of sp³-hybridized carbons (Fsp3) is 0.389. The third kappa shape index (κ3) is 4.67. The second-order valence-corrected chi connectivity index (χ2v) is 5.82. The number of ether oxygens (including phenoxy) is 1. The van der Waals surface area contributed by atoms with Gasteiger partial charge in [0.15, 0.2) is 0 Å². The molecule has 1 heterocycles. The second-order valence-electron chi connectivity index (χ2n) is 5.11. The molecule has 0 unspecified atom stereocenters. The molecule has 0 aliphatic rings. The maximum atomic E-state index is 6.03. The summed E-state index contributed by atoms with van der Waals surface area (Å²) in [6.07, 6.45) is 12.5. The van der Waals surface area contributed by atoms with Crippen LogP contribution in [0.5, 0.6) is 5.75 Å². The molecule has 0 fully saturated rings. The molecule has 0 saturated heterocycles. The fourth-order valence-electron chi connectivity index (χ4n) is 2.29. The fourth-order valence-corrected chi connectivity index (χ4v) is 2.76. The van der Waals surface area contributed by atoms with E-state index in [1.54, 1.807) is 18.0 Å². The molecule has 0 radical (unpaired) electrons. The summed E-state index contributed by atoms with van der Waals surface area (Å²) in [6.45, 7) is 2.99. The van der Waals surface area contributed by atoms with Gasteiger partial charge in [0.2, 0.25) is 0 Å². The van der Waals surface area contributed by atoms with E-state index in [0.717, 1.165) is 30.0 Å². The third-order valence-corrected chi connectivity index (χ3v) is 3.89. The minimum absolute atomic E-state index is 0.771. The highest BCUT2D eigenvalue weighted by molar-refractivity contribution is 8.01. The van der Waals surface area contributed by atoms with Crippen molar-refractivity contribution < 1.29 is 4.74 Å². The van der Waals surface area contributed by atoms with E-state index in [4.69, 9.17) is 4.74 Å². The molecule has 0 spiro atoms. The predicted octanol–water partition coefficient (Wildman–Crippen LogP) is 5.05. The third-order valence-electron chi connectivity index (χ3n) is 3.43. The molecule has 0 saturated carbocycles. The number of hydrogen-bond donors (Lipinski definition) is 0. The molecule has 2 aromatic rings. The van der Waals surface area contributed by atoms with Gasteiger partial charge >= 0.3 is 0 Å². The van der Waals surface area contributed by atoms with E-state index < -0.39 is 0 Å². The van der Waals surface area contributed by atoms with E-state index in [-0.39, 0.29) is 0 Å². The Morgan fingerprint density at radius 3 is 2.86 bits per heavy atom. The molecular weight excluding hydrogens is 292 g/mol. The maximum absolute atomic E-state index is 6.03. The number of hydrogen-bond acceptors (Lipinski definition) is 3. The summed E-state index contributed by atoms with van der Waals surface area (Å²) in [4.78, 5) is 4.15. The molecule has 0 aliphatic heterocycles. The summed E-state index contributed by atoms with van der Waals surface area (Å²) >= 11 is 1.68. The molecule has 22 heavy (non-hydrogen) atoms. The van der Waals surface area contributed by atoms with Crippen molar-refractivity contribution in [2.45, 2.75) is 32.6 Å². The largest absolute Gasteiger partial charge is 0.493 e. The lowest BCUT2D eigenvalue weighted by Crippen LogP contribution is -2.03. The molecule has 0 bridgehead atoms. The summed E-state index contributed by atoms with van der Waals surface area (Å²) in [5.74, 6) is 0.938. The maximum Gasteiger partial charge on any atom is 0.128 e. The number of unbranched alkanes of at least 4 members (excludes halogenated alkanes) is 3. The topological polar surface area (TPSA) is 27.1 Å². The minimum atomic E-state index is 0.771. The Balaban J connectivity index is 2.14. The molecule has 0 atom stereocenters. The zero-order valence-electron chi connectivity index (χ0n) is 13.4. The van der Waals surface area contributed by atoms with Gasteiger partial charge in [0.05, 0.1) is 18.6 Å². The SMILES string of the molecule is CCCCCCOc1ccccc1/C(=C\SC)n1ccnc1. The van der Waals surface area contributed by atoms with Gasteiger partial charge in [-0.3, -0.25) is 0 Å². The lowest BCUT2D eigenvalue weighted by molar-refractivity contribution is 0.304. The average Bonchev–Trinajstić information content (AvgIpc) is 3.07. The van der Waals surface area contributed by atoms with Crippen LogP contribution in [0.1, 0.15) is 38.2 Å². The van der Waals surface area contributed by atoms with Gasteiger partial charge in [0, 0.05) is 18.0 Å². The molecule has 4 heteroatoms. The molecule has 1 aromatic carbocycles. The number of benzene rings is 1. The van der Waals surface area contributed by atoms with Gasteiger partial charge in [-0.1, -0.05) is 38.3 Å². The van der Waals surface area contributed by atoms with Crippen LogP contribution in [0, 0.1) is 0 Å². The van der Waals surface area contributed by atoms with Crippen LogP contribution >= 0.6 is 11.8 Å². The lowest BCUT2D eigenvalue weighted by atomic mass is 10.1. The van der Waals surface area contributed by atoms with Crippen LogP contribution in [0.15, 0.2) is 48.4 Å². The number of para-hydroxylation sites is 1. The normalized spacial score (nSPS) is 11.6. The zero-order chi connectivity index (χ0) is 15.6. The number of aromatic nitrogens is 2. The van der Waals surface area contributed by atoms with Crippen LogP contribution in [-0.4, -0.2) is 22.4 Å². The Morgan fingerprint density at radius 1 is 1.27 bits per heavy atom. The van der Waals surface area contributed by atoms with Crippen molar-refractivity contribution in [2.75, 3.05) is 12.9 Å². The van der Waals surface area contributed by atoms with Crippen molar-refractivity contribution in [3.8, 4) is 5.75 Å². The van der Waals surface area contributed by atoms with Gasteiger partial charge in [-0.05, 0) is 30.2 Å². The first-order valence-corrected chi connectivity index (χ1v) is 9.09. The molecule has 3 nitrogen and oxygen atoms in total. The Hall–Kier alpha value is -1.68. The summed E-state index contributed by atoms with van der Waals surface area (Å²) in [5.41, 5.74) is 2.19. The van der Waals surface area contributed by atoms with E-state index in [0.29, 0.717) is 0 Å². The summed E-state index contributed by atoms with van der Waals surface area (Å²) in [7, 11) is 0. The van der Waals surface area contributed by atoms with E-state index in [1.807, 2.05) is 35.3 Å². The highest BCUT2D eigenvalue weighted by Gasteiger charge is 2.10. The first-order valence-electron chi connectivity index (χ1n) is 7.80. The first kappa shape index (κ1) is 16.7. The van der Waals surface area contributed by atoms with E-state index in [2.05, 4.69) is 29.6 Å². The molecule has 0 aliphatic carbocycles. The van der Waals surface area contributed by atoms with Crippen molar-refractivity contribution in [3.05, 3.63) is 54.0 Å². The number of rotatable bonds is 9. The Kier molecular flexibility index (Phi) is 7.10. The quantitative estimate of drug-likeness (QED) is 0.606. The second kappa shape index (κ2) is 9.36. The predicted molar refractivity (Wildman–Crippen MR) is 95.2 cm³/mol. The average molecular weight is 316 g/mol. The Morgan fingerprint density at radius 2 is 2.14 bits per heavy atom. The van der Waals surface area contributed by atoms with Crippen molar-refractivity contribution in [3.63, 3.8) is 0 Å². The van der Waals surface area contributed by atoms with Crippen molar-refractivity contribution in [2.24, 2.45) is 0 Å². The smallest absolute Gasteiger partial charge is 0.128 e. The van der Waals surface area contributed by atoms with Gasteiger partial charge in [0.1, 0.15) is 5.75 Å². The summed E-state index contributed by atoms with van der Waals surface area (Å²) in [6, 6.07) is 8.21. The van der Waals surface area contributed by atoms with Crippen LogP contribution in [0.4, 0.5) is 0 Å². The van der Waals surface area contributed by atoms with Gasteiger partial charge in [-0.2, -0.15) is 0 Å². The molecule has 0 N–H and O–H groups in total. The summed E-state index contributed by atoms with van der Waals surface area (Å²) < 4.78 is 8.05. The van der Waals surface area contributed by atoms with Gasteiger partial charge in [-0.15, -0.1) is 11.8 Å². The molecule has 118 valence electrons. The highest BCUT2D eigenvalue weighted by Crippen LogP contribution is 2.28. The van der Waals surface area contributed by atoms with Crippen LogP contribution < -0.4 is 4.74 Å². The number of thioether (sulfide) groups is 1. The van der Waals surface area contributed by atoms with Crippen LogP contribution in [0.2, 0.25) is 0 Å². The molecule has 0 amide bonds. The van der Waals surface area contributed by atoms with Crippen LogP contribution in [-0.2, 0) is 0 Å². The molecular formula is C18H24N2OS. The van der Waals surface area contributed by atoms with E-state index in [1.165, 1.54) is 19.3 Å². The van der Waals surface area contributed by atoms with Crippen LogP contribution in [0.3, 0.4) is 0 Å². The van der Waals surface area contributed by atoms with Gasteiger partial charge in [-0.25, -0.2) is 4.98 Å². The van der Waals surface area contributed by atoms with E-state index in [9.17, 15) is 0 Å². The van der Waals surface area contributed by atoms with E-state index >= 15 is 0 Å². The standard InChI is InChI=1S/C18H24N2OS/c1-3-4-5-8-13-21-18-10-7-6-9-16(18)17(14-22-2)20-12-11-19-15-20/h6-7,9-12,14-15H,3-5,8,13H2,1-2H3/b17-14+. The van der Waals surface area contributed by atoms with Gasteiger partial charge < -0.3 is 9.30 Å². The van der Waals surface area contributed by atoms with Crippen molar-refractivity contribution in [1.82, 2.24) is 9.55 Å². The van der Waals surface area contributed by atoms with Crippen molar-refractivity contribution >= 4 is 17.5 Å². The lowest BCUT2D eigenvalue weighted by Gasteiger charge is -2.14. The van der Waals surface area contributed by atoms with Gasteiger partial charge in [0.25, 0.3) is 0 Å². The number of nitrogens with zero attached hydrogens (tertiary/aromatic N) is 2. The first-order chi connectivity index (χ1) is 10.9. The highest BCUT2D eigenvalue weighted by atomic mass is 32.2. The molecule has 1 aromatic heterocycles. The molecule has 2 rings (SSSR count). The monoisotopic (exact) mass is 316 g/mol. The zero-order valence-corrected chi connectivity index (χ0v) is 14.2. The number of imidazole rings is 1. The minimum Gasteiger partial charge on any atom is -0.493 e.